The van der Waals surface area contributed by atoms with Crippen molar-refractivity contribution in [2.24, 2.45) is 23.7 Å². The Balaban J connectivity index is 2.78. The third-order valence-corrected chi connectivity index (χ3v) is 8.90. The van der Waals surface area contributed by atoms with Gasteiger partial charge in [-0.05, 0) is 55.8 Å². The molecule has 0 heterocycles. The number of unbranched alkanes of at least 4 members (excludes halogenated alkanes) is 17. The van der Waals surface area contributed by atoms with E-state index in [1.165, 1.54) is 154 Å². The first-order valence-corrected chi connectivity index (χ1v) is 17.1. The minimum absolute atomic E-state index is 0.792. The second-order valence-corrected chi connectivity index (χ2v) is 12.2. The van der Waals surface area contributed by atoms with E-state index in [1.807, 2.05) is 0 Å². The van der Waals surface area contributed by atoms with Gasteiger partial charge < -0.3 is 0 Å². The summed E-state index contributed by atoms with van der Waals surface area (Å²) in [6.07, 6.45) is 44.7. The van der Waals surface area contributed by atoms with Crippen LogP contribution in [0.2, 0.25) is 0 Å². The number of hydrogen-bond donors (Lipinski definition) is 0. The lowest BCUT2D eigenvalue weighted by atomic mass is 9.66. The van der Waals surface area contributed by atoms with Crippen molar-refractivity contribution < 1.29 is 0 Å². The molecular weight excluding hydrogens is 432 g/mol. The minimum atomic E-state index is 0.792. The normalized spacial score (nSPS) is 22.1. The first kappa shape index (κ1) is 33.5. The van der Waals surface area contributed by atoms with Crippen molar-refractivity contribution in [3.8, 4) is 0 Å². The van der Waals surface area contributed by atoms with Crippen LogP contribution in [0, 0.1) is 23.7 Å². The average molecular weight is 501 g/mol. The molecule has 4 atom stereocenters. The Labute approximate surface area is 229 Å². The largest absolute Gasteiger partial charge is 0.0882 e. The van der Waals surface area contributed by atoms with E-state index in [0.29, 0.717) is 0 Å². The fourth-order valence-electron chi connectivity index (χ4n) is 6.52. The first-order chi connectivity index (χ1) is 17.8. The summed E-state index contributed by atoms with van der Waals surface area (Å²) in [5, 5.41) is 0. The van der Waals surface area contributed by atoms with E-state index >= 15 is 0 Å². The molecule has 1 aliphatic carbocycles. The molecule has 0 nitrogen and oxygen atoms in total. The molecule has 212 valence electrons. The van der Waals surface area contributed by atoms with Gasteiger partial charge in [-0.15, -0.1) is 0 Å². The molecule has 0 amide bonds. The van der Waals surface area contributed by atoms with Crippen LogP contribution in [-0.4, -0.2) is 0 Å². The van der Waals surface area contributed by atoms with Gasteiger partial charge in [-0.2, -0.15) is 0 Å². The Hall–Kier alpha value is -0.520. The van der Waals surface area contributed by atoms with Crippen molar-refractivity contribution >= 4 is 0 Å². The second-order valence-electron chi connectivity index (χ2n) is 12.2. The first-order valence-electron chi connectivity index (χ1n) is 17.1. The summed E-state index contributed by atoms with van der Waals surface area (Å²) in [6.45, 7) is 9.34. The van der Waals surface area contributed by atoms with Crippen molar-refractivity contribution in [1.29, 1.82) is 0 Å². The van der Waals surface area contributed by atoms with Crippen LogP contribution in [0.25, 0.3) is 0 Å². The van der Waals surface area contributed by atoms with Crippen LogP contribution in [0.15, 0.2) is 24.3 Å². The van der Waals surface area contributed by atoms with Crippen LogP contribution in [0.5, 0.6) is 0 Å². The third-order valence-electron chi connectivity index (χ3n) is 8.90. The smallest absolute Gasteiger partial charge is 0.0137 e. The maximum Gasteiger partial charge on any atom is -0.0137 e. The molecule has 0 spiro atoms. The lowest BCUT2D eigenvalue weighted by Crippen LogP contribution is -2.30. The summed E-state index contributed by atoms with van der Waals surface area (Å²) in [5.41, 5.74) is 0. The van der Waals surface area contributed by atoms with E-state index in [1.54, 1.807) is 0 Å². The third kappa shape index (κ3) is 16.3. The summed E-state index contributed by atoms with van der Waals surface area (Å²) in [4.78, 5) is 0. The van der Waals surface area contributed by atoms with Crippen LogP contribution in [0.3, 0.4) is 0 Å². The second kappa shape index (κ2) is 24.8. The molecule has 0 heteroatoms. The van der Waals surface area contributed by atoms with Crippen LogP contribution in [0.1, 0.15) is 182 Å². The topological polar surface area (TPSA) is 0 Å². The summed E-state index contributed by atoms with van der Waals surface area (Å²) in [7, 11) is 0. The maximum absolute atomic E-state index is 2.74. The van der Waals surface area contributed by atoms with Crippen molar-refractivity contribution in [1.82, 2.24) is 0 Å². The minimum Gasteiger partial charge on any atom is -0.0882 e. The van der Waals surface area contributed by atoms with Crippen LogP contribution in [-0.2, 0) is 0 Å². The fourth-order valence-corrected chi connectivity index (χ4v) is 6.52. The van der Waals surface area contributed by atoms with E-state index in [2.05, 4.69) is 52.0 Å². The molecule has 0 saturated carbocycles. The highest BCUT2D eigenvalue weighted by Crippen LogP contribution is 2.43. The fraction of sp³-hybridized carbons (Fsp3) is 0.889. The molecule has 0 radical (unpaired) electrons. The molecule has 0 aromatic heterocycles. The van der Waals surface area contributed by atoms with E-state index in [-0.39, 0.29) is 0 Å². The molecule has 0 fully saturated rings. The lowest BCUT2D eigenvalue weighted by Gasteiger charge is -2.39. The van der Waals surface area contributed by atoms with Gasteiger partial charge in [0.05, 0.1) is 0 Å². The number of hydrogen-bond acceptors (Lipinski definition) is 0. The lowest BCUT2D eigenvalue weighted by molar-refractivity contribution is 0.196. The Kier molecular flexibility index (Phi) is 23.1. The summed E-state index contributed by atoms with van der Waals surface area (Å²) in [5.74, 6) is 3.30. The van der Waals surface area contributed by atoms with E-state index < -0.39 is 0 Å². The van der Waals surface area contributed by atoms with Gasteiger partial charge in [0, 0.05) is 0 Å². The maximum atomic E-state index is 2.74. The molecular formula is C36H68. The van der Waals surface area contributed by atoms with Gasteiger partial charge in [0.1, 0.15) is 0 Å². The predicted octanol–water partition coefficient (Wildman–Crippen LogP) is 13.0. The zero-order chi connectivity index (χ0) is 26.1. The predicted molar refractivity (Wildman–Crippen MR) is 166 cm³/mol. The zero-order valence-corrected chi connectivity index (χ0v) is 25.6. The van der Waals surface area contributed by atoms with Crippen molar-refractivity contribution in [2.45, 2.75) is 182 Å². The summed E-state index contributed by atoms with van der Waals surface area (Å²) in [6, 6.07) is 0. The molecule has 4 unspecified atom stereocenters. The Morgan fingerprint density at radius 2 is 0.861 bits per heavy atom. The standard InChI is InChI=1S/C36H68/c1-5-9-13-17-19-20-22-26-30-36-34(28-24-21-18-14-10-6-2)32-31-33(27-23-15-11-7-3)35(36)29-25-16-12-8-4/h26,30-36H,5-25,27-29H2,1-4H3/b30-26-. The highest BCUT2D eigenvalue weighted by Gasteiger charge is 2.33. The van der Waals surface area contributed by atoms with Gasteiger partial charge in [0.2, 0.25) is 0 Å². The highest BCUT2D eigenvalue weighted by atomic mass is 14.4. The molecule has 0 bridgehead atoms. The molecule has 0 aromatic rings. The molecule has 0 N–H and O–H groups in total. The van der Waals surface area contributed by atoms with Crippen molar-refractivity contribution in [3.63, 3.8) is 0 Å². The van der Waals surface area contributed by atoms with Gasteiger partial charge in [0.25, 0.3) is 0 Å². The van der Waals surface area contributed by atoms with Crippen LogP contribution < -0.4 is 0 Å². The molecule has 0 saturated heterocycles. The molecule has 36 heavy (non-hydrogen) atoms. The van der Waals surface area contributed by atoms with Crippen molar-refractivity contribution in [3.05, 3.63) is 24.3 Å². The van der Waals surface area contributed by atoms with Gasteiger partial charge in [0.15, 0.2) is 0 Å². The Bertz CT molecular complexity index is 500. The van der Waals surface area contributed by atoms with Gasteiger partial charge >= 0.3 is 0 Å². The SMILES string of the molecule is CCCCCCCC/C=C\C1C(CCCCCCCC)C=CC(CCCCCC)C1CCCCCC. The number of allylic oxidation sites excluding steroid dienone is 4. The summed E-state index contributed by atoms with van der Waals surface area (Å²) >= 11 is 0. The molecule has 1 aliphatic rings. The monoisotopic (exact) mass is 501 g/mol. The van der Waals surface area contributed by atoms with Crippen LogP contribution >= 0.6 is 0 Å². The highest BCUT2D eigenvalue weighted by molar-refractivity contribution is 5.10. The Morgan fingerprint density at radius 3 is 1.44 bits per heavy atom. The van der Waals surface area contributed by atoms with E-state index in [0.717, 1.165) is 23.7 Å². The van der Waals surface area contributed by atoms with Gasteiger partial charge in [-0.1, -0.05) is 174 Å². The average Bonchev–Trinajstić information content (AvgIpc) is 2.89. The Morgan fingerprint density at radius 1 is 0.444 bits per heavy atom. The van der Waals surface area contributed by atoms with Crippen LogP contribution in [0.4, 0.5) is 0 Å². The van der Waals surface area contributed by atoms with Gasteiger partial charge in [-0.25, -0.2) is 0 Å². The van der Waals surface area contributed by atoms with Crippen molar-refractivity contribution in [2.75, 3.05) is 0 Å². The molecule has 1 rings (SSSR count). The summed E-state index contributed by atoms with van der Waals surface area (Å²) < 4.78 is 0. The zero-order valence-electron chi connectivity index (χ0n) is 25.6. The van der Waals surface area contributed by atoms with E-state index in [4.69, 9.17) is 0 Å². The van der Waals surface area contributed by atoms with E-state index in [9.17, 15) is 0 Å². The molecule has 0 aliphatic heterocycles. The quantitative estimate of drug-likeness (QED) is 0.0863. The molecule has 0 aromatic carbocycles. The number of rotatable bonds is 25. The van der Waals surface area contributed by atoms with Gasteiger partial charge in [-0.3, -0.25) is 0 Å².